The monoisotopic (exact) mass is 536 g/mol. The third-order valence-corrected chi connectivity index (χ3v) is 7.50. The van der Waals surface area contributed by atoms with Crippen molar-refractivity contribution in [3.05, 3.63) is 34.9 Å². The highest BCUT2D eigenvalue weighted by atomic mass is 16.7. The number of aliphatic hydroxyl groups excluding tert-OH is 2. The topological polar surface area (TPSA) is 112 Å². The predicted octanol–water partition coefficient (Wildman–Crippen LogP) is 4.92. The fourth-order valence-corrected chi connectivity index (χ4v) is 4.96. The van der Waals surface area contributed by atoms with Gasteiger partial charge in [0.15, 0.2) is 12.4 Å². The van der Waals surface area contributed by atoms with E-state index in [1.165, 1.54) is 30.6 Å². The second-order valence-electron chi connectivity index (χ2n) is 11.3. The summed E-state index contributed by atoms with van der Waals surface area (Å²) in [6.45, 7) is 12.7. The summed E-state index contributed by atoms with van der Waals surface area (Å²) in [4.78, 5) is 23.1. The number of rotatable bonds is 6. The molecule has 0 saturated carbocycles. The Morgan fingerprint density at radius 1 is 0.921 bits per heavy atom. The first-order valence-electron chi connectivity index (χ1n) is 13.8. The Morgan fingerprint density at radius 2 is 1.50 bits per heavy atom. The second-order valence-corrected chi connectivity index (χ2v) is 11.3. The van der Waals surface area contributed by atoms with E-state index in [2.05, 4.69) is 39.0 Å². The molecule has 2 N–H and O–H groups in total. The molecule has 6 atom stereocenters. The highest BCUT2D eigenvalue weighted by Crippen LogP contribution is 2.36. The largest absolute Gasteiger partial charge is 0.463 e. The van der Waals surface area contributed by atoms with Crippen LogP contribution in [0.4, 0.5) is 0 Å². The van der Waals surface area contributed by atoms with Crippen LogP contribution in [-0.4, -0.2) is 65.1 Å². The van der Waals surface area contributed by atoms with E-state index in [0.29, 0.717) is 0 Å². The average Bonchev–Trinajstić information content (AvgIpc) is 2.81. The van der Waals surface area contributed by atoms with Crippen LogP contribution in [-0.2, 0) is 28.5 Å². The van der Waals surface area contributed by atoms with Crippen molar-refractivity contribution in [2.75, 3.05) is 6.61 Å². The van der Waals surface area contributed by atoms with E-state index in [1.807, 2.05) is 13.8 Å². The van der Waals surface area contributed by atoms with E-state index >= 15 is 0 Å². The molecule has 1 heterocycles. The number of esters is 2. The van der Waals surface area contributed by atoms with Crippen LogP contribution in [0.1, 0.15) is 93.4 Å². The molecule has 0 spiro atoms. The summed E-state index contributed by atoms with van der Waals surface area (Å²) in [6, 6.07) is 0. The van der Waals surface area contributed by atoms with Crippen molar-refractivity contribution in [2.45, 2.75) is 130 Å². The van der Waals surface area contributed by atoms with Gasteiger partial charge in [0.25, 0.3) is 0 Å². The van der Waals surface area contributed by atoms with E-state index < -0.39 is 48.2 Å². The fraction of sp³-hybridized carbons (Fsp3) is 0.733. The van der Waals surface area contributed by atoms with Crippen LogP contribution in [0.5, 0.6) is 0 Å². The van der Waals surface area contributed by atoms with Crippen LogP contribution in [0.15, 0.2) is 34.9 Å². The molecule has 1 aliphatic carbocycles. The van der Waals surface area contributed by atoms with Gasteiger partial charge in [-0.05, 0) is 85.5 Å². The molecule has 0 bridgehead atoms. The van der Waals surface area contributed by atoms with E-state index in [-0.39, 0.29) is 12.5 Å². The lowest BCUT2D eigenvalue weighted by Gasteiger charge is -2.45. The lowest BCUT2D eigenvalue weighted by atomic mass is 9.82. The van der Waals surface area contributed by atoms with Crippen LogP contribution in [0.2, 0.25) is 0 Å². The molecule has 0 aromatic rings. The summed E-state index contributed by atoms with van der Waals surface area (Å²) < 4.78 is 22.6. The molecule has 6 unspecified atom stereocenters. The molecule has 0 radical (unpaired) electrons. The highest BCUT2D eigenvalue weighted by Gasteiger charge is 2.49. The summed E-state index contributed by atoms with van der Waals surface area (Å²) in [5, 5.41) is 21.7. The number of aliphatic hydroxyl groups is 2. The minimum absolute atomic E-state index is 0.0998. The SMILES string of the molecule is CC(=O)OCC1OC(OC(C)(C)C2CC=C(C)CCC=C(C)CCC=C(C)CC2)C(O)C(OC(C)=O)C1O. The first-order valence-corrected chi connectivity index (χ1v) is 13.8. The normalized spacial score (nSPS) is 30.3. The molecule has 8 heteroatoms. The van der Waals surface area contributed by atoms with Crippen LogP contribution in [0.25, 0.3) is 0 Å². The molecule has 1 fully saturated rings. The Balaban J connectivity index is 2.26. The Kier molecular flexibility index (Phi) is 12.7. The molecule has 2 rings (SSSR count). The molecule has 0 amide bonds. The number of hydrogen-bond donors (Lipinski definition) is 2. The van der Waals surface area contributed by atoms with Gasteiger partial charge in [0.2, 0.25) is 0 Å². The molecule has 0 aromatic carbocycles. The van der Waals surface area contributed by atoms with Gasteiger partial charge in [0.1, 0.15) is 24.9 Å². The average molecular weight is 537 g/mol. The molecular weight excluding hydrogens is 488 g/mol. The van der Waals surface area contributed by atoms with Gasteiger partial charge in [-0.1, -0.05) is 34.9 Å². The van der Waals surface area contributed by atoms with Gasteiger partial charge in [-0.2, -0.15) is 0 Å². The number of carbonyl (C=O) groups is 2. The molecule has 1 saturated heterocycles. The Morgan fingerprint density at radius 3 is 2.08 bits per heavy atom. The summed E-state index contributed by atoms with van der Waals surface area (Å²) in [5.41, 5.74) is 3.37. The first-order chi connectivity index (χ1) is 17.8. The van der Waals surface area contributed by atoms with Crippen LogP contribution < -0.4 is 0 Å². The van der Waals surface area contributed by atoms with Crippen molar-refractivity contribution < 1.29 is 38.7 Å². The van der Waals surface area contributed by atoms with Crippen LogP contribution >= 0.6 is 0 Å². The molecule has 0 aromatic heterocycles. The number of carbonyl (C=O) groups excluding carboxylic acids is 2. The predicted molar refractivity (Wildman–Crippen MR) is 145 cm³/mol. The van der Waals surface area contributed by atoms with Gasteiger partial charge in [-0.25, -0.2) is 0 Å². The zero-order chi connectivity index (χ0) is 28.5. The summed E-state index contributed by atoms with van der Waals surface area (Å²) >= 11 is 0. The van der Waals surface area contributed by atoms with Gasteiger partial charge in [-0.3, -0.25) is 9.59 Å². The van der Waals surface area contributed by atoms with Gasteiger partial charge in [0.05, 0.1) is 5.60 Å². The maximum absolute atomic E-state index is 11.7. The molecule has 1 aliphatic heterocycles. The summed E-state index contributed by atoms with van der Waals surface area (Å²) in [5.74, 6) is -1.09. The standard InChI is InChI=1S/C30H48O8/c1-19-10-8-12-20(2)14-16-24(17-15-21(3)13-9-11-19)30(6,7)38-29-27(34)28(36-23(5)32)26(33)25(37-29)18-35-22(4)31/h10,13-14,24-29,33-34H,8-9,11-12,15-18H2,1-7H3. The Bertz CT molecular complexity index is 887. The van der Waals surface area contributed by atoms with Crippen molar-refractivity contribution in [3.63, 3.8) is 0 Å². The maximum Gasteiger partial charge on any atom is 0.303 e. The molecule has 216 valence electrons. The molecule has 8 nitrogen and oxygen atoms in total. The van der Waals surface area contributed by atoms with Gasteiger partial charge in [-0.15, -0.1) is 0 Å². The zero-order valence-corrected chi connectivity index (χ0v) is 24.2. The molecular formula is C30H48O8. The van der Waals surface area contributed by atoms with E-state index in [4.69, 9.17) is 18.9 Å². The number of hydrogen-bond acceptors (Lipinski definition) is 8. The minimum Gasteiger partial charge on any atom is -0.463 e. The second kappa shape index (κ2) is 15.0. The van der Waals surface area contributed by atoms with Crippen LogP contribution in [0, 0.1) is 5.92 Å². The zero-order valence-electron chi connectivity index (χ0n) is 24.2. The van der Waals surface area contributed by atoms with Crippen molar-refractivity contribution in [1.29, 1.82) is 0 Å². The van der Waals surface area contributed by atoms with Gasteiger partial charge in [0, 0.05) is 13.8 Å². The lowest BCUT2D eigenvalue weighted by Crippen LogP contribution is -2.62. The van der Waals surface area contributed by atoms with Gasteiger partial charge < -0.3 is 29.2 Å². The quantitative estimate of drug-likeness (QED) is 0.363. The third-order valence-electron chi connectivity index (χ3n) is 7.50. The van der Waals surface area contributed by atoms with Crippen molar-refractivity contribution in [3.8, 4) is 0 Å². The van der Waals surface area contributed by atoms with Crippen molar-refractivity contribution in [2.24, 2.45) is 5.92 Å². The Labute approximate surface area is 228 Å². The lowest BCUT2D eigenvalue weighted by molar-refractivity contribution is -0.329. The third kappa shape index (κ3) is 10.3. The minimum atomic E-state index is -1.42. The molecule has 38 heavy (non-hydrogen) atoms. The fourth-order valence-electron chi connectivity index (χ4n) is 4.96. The van der Waals surface area contributed by atoms with Crippen molar-refractivity contribution >= 4 is 11.9 Å². The number of ether oxygens (including phenoxy) is 4. The molecule has 2 aliphatic rings. The summed E-state index contributed by atoms with van der Waals surface area (Å²) in [7, 11) is 0. The maximum atomic E-state index is 11.7. The summed E-state index contributed by atoms with van der Waals surface area (Å²) in [6.07, 6.45) is 7.32. The van der Waals surface area contributed by atoms with Gasteiger partial charge >= 0.3 is 11.9 Å². The van der Waals surface area contributed by atoms with E-state index in [0.717, 1.165) is 44.9 Å². The highest BCUT2D eigenvalue weighted by molar-refractivity contribution is 5.66. The van der Waals surface area contributed by atoms with Crippen molar-refractivity contribution in [1.82, 2.24) is 0 Å². The Hall–Kier alpha value is -2.00. The van der Waals surface area contributed by atoms with E-state index in [9.17, 15) is 19.8 Å². The van der Waals surface area contributed by atoms with Crippen LogP contribution in [0.3, 0.4) is 0 Å². The first kappa shape index (κ1) is 32.2. The van der Waals surface area contributed by atoms with E-state index in [1.54, 1.807) is 0 Å². The number of allylic oxidation sites excluding steroid dienone is 6. The smallest absolute Gasteiger partial charge is 0.303 e.